The van der Waals surface area contributed by atoms with E-state index in [0.29, 0.717) is 0 Å². The largest absolute Gasteiger partial charge is 0.393 e. The molecule has 0 aliphatic heterocycles. The smallest absolute Gasteiger partial charge is 0.0545 e. The second-order valence-corrected chi connectivity index (χ2v) is 3.22. The number of aliphatic hydroxyl groups is 1. The first-order valence-electron chi connectivity index (χ1n) is 3.54. The van der Waals surface area contributed by atoms with E-state index >= 15 is 0 Å². The number of rotatable bonds is 0. The fraction of sp³-hybridized carbons (Fsp3) is 1.00. The normalized spacial score (nSPS) is 52.9. The van der Waals surface area contributed by atoms with Crippen LogP contribution in [0.25, 0.3) is 0 Å². The van der Waals surface area contributed by atoms with Gasteiger partial charge in [-0.15, -0.1) is 0 Å². The fourth-order valence-corrected chi connectivity index (χ4v) is 2.05. The van der Waals surface area contributed by atoms with Gasteiger partial charge in [-0.3, -0.25) is 0 Å². The van der Waals surface area contributed by atoms with Crippen LogP contribution in [0.5, 0.6) is 0 Å². The molecule has 2 saturated carbocycles. The van der Waals surface area contributed by atoms with Gasteiger partial charge in [-0.1, -0.05) is 0 Å². The highest BCUT2D eigenvalue weighted by molar-refractivity contribution is 4.90. The molecule has 1 nitrogen and oxygen atoms in total. The molecule has 2 fully saturated rings. The molecule has 0 bridgehead atoms. The molecule has 2 aliphatic carbocycles. The molecule has 2 rings (SSSR count). The Bertz CT molecular complexity index is 88.6. The molecule has 8 heavy (non-hydrogen) atoms. The van der Waals surface area contributed by atoms with Gasteiger partial charge >= 0.3 is 0 Å². The zero-order chi connectivity index (χ0) is 5.56. The van der Waals surface area contributed by atoms with Gasteiger partial charge in [0.05, 0.1) is 6.10 Å². The second kappa shape index (κ2) is 1.47. The summed E-state index contributed by atoms with van der Waals surface area (Å²) in [6.07, 6.45) is 5.05. The SMILES string of the molecule is OC1CC2CC[C@@H]2C1. The summed E-state index contributed by atoms with van der Waals surface area (Å²) in [5.41, 5.74) is 0. The summed E-state index contributed by atoms with van der Waals surface area (Å²) in [5, 5.41) is 9.11. The topological polar surface area (TPSA) is 20.2 Å². The average Bonchev–Trinajstić information content (AvgIpc) is 1.91. The molecule has 0 aromatic rings. The molecule has 0 aromatic carbocycles. The van der Waals surface area contributed by atoms with E-state index in [9.17, 15) is 0 Å². The first kappa shape index (κ1) is 4.80. The molecule has 1 heteroatoms. The third kappa shape index (κ3) is 0.510. The standard InChI is InChI=1S/C7H12O/c8-7-3-5-1-2-6(5)4-7/h5-8H,1-4H2/t5-,6?,7?/m1/s1. The predicted octanol–water partition coefficient (Wildman–Crippen LogP) is 1.17. The second-order valence-electron chi connectivity index (χ2n) is 3.22. The summed E-state index contributed by atoms with van der Waals surface area (Å²) in [5.74, 6) is 1.84. The molecule has 1 N–H and O–H groups in total. The van der Waals surface area contributed by atoms with Crippen molar-refractivity contribution in [3.63, 3.8) is 0 Å². The molecular weight excluding hydrogens is 100 g/mol. The van der Waals surface area contributed by atoms with Gasteiger partial charge in [0, 0.05) is 0 Å². The summed E-state index contributed by atoms with van der Waals surface area (Å²) in [6, 6.07) is 0. The van der Waals surface area contributed by atoms with E-state index in [1.165, 1.54) is 12.8 Å². The van der Waals surface area contributed by atoms with Gasteiger partial charge in [0.2, 0.25) is 0 Å². The minimum absolute atomic E-state index is 0.0625. The van der Waals surface area contributed by atoms with Crippen molar-refractivity contribution >= 4 is 0 Å². The van der Waals surface area contributed by atoms with Gasteiger partial charge in [0.25, 0.3) is 0 Å². The van der Waals surface area contributed by atoms with Crippen molar-refractivity contribution in [2.45, 2.75) is 31.8 Å². The van der Waals surface area contributed by atoms with Gasteiger partial charge in [0.15, 0.2) is 0 Å². The van der Waals surface area contributed by atoms with Crippen molar-refractivity contribution in [1.82, 2.24) is 0 Å². The van der Waals surface area contributed by atoms with Crippen molar-refractivity contribution in [3.05, 3.63) is 0 Å². The molecule has 2 unspecified atom stereocenters. The van der Waals surface area contributed by atoms with Crippen molar-refractivity contribution in [3.8, 4) is 0 Å². The van der Waals surface area contributed by atoms with Gasteiger partial charge in [-0.25, -0.2) is 0 Å². The highest BCUT2D eigenvalue weighted by Gasteiger charge is 2.39. The summed E-state index contributed by atoms with van der Waals surface area (Å²) in [4.78, 5) is 0. The van der Waals surface area contributed by atoms with Crippen LogP contribution in [0, 0.1) is 11.8 Å². The van der Waals surface area contributed by atoms with Crippen LogP contribution in [-0.2, 0) is 0 Å². The molecule has 0 amide bonds. The highest BCUT2D eigenvalue weighted by Crippen LogP contribution is 2.46. The van der Waals surface area contributed by atoms with Crippen molar-refractivity contribution in [2.24, 2.45) is 11.8 Å². The van der Waals surface area contributed by atoms with Crippen LogP contribution < -0.4 is 0 Å². The average molecular weight is 112 g/mol. The van der Waals surface area contributed by atoms with Crippen LogP contribution >= 0.6 is 0 Å². The number of fused-ring (bicyclic) bond motifs is 1. The summed E-state index contributed by atoms with van der Waals surface area (Å²) >= 11 is 0. The van der Waals surface area contributed by atoms with Crippen molar-refractivity contribution < 1.29 is 5.11 Å². The molecule has 0 saturated heterocycles. The van der Waals surface area contributed by atoms with E-state index in [4.69, 9.17) is 5.11 Å². The van der Waals surface area contributed by atoms with Crippen LogP contribution in [-0.4, -0.2) is 11.2 Å². The molecule has 0 spiro atoms. The zero-order valence-electron chi connectivity index (χ0n) is 5.01. The van der Waals surface area contributed by atoms with Gasteiger partial charge in [-0.05, 0) is 37.5 Å². The van der Waals surface area contributed by atoms with Crippen LogP contribution in [0.3, 0.4) is 0 Å². The first-order valence-corrected chi connectivity index (χ1v) is 3.54. The van der Waals surface area contributed by atoms with Gasteiger partial charge in [-0.2, -0.15) is 0 Å². The van der Waals surface area contributed by atoms with Crippen molar-refractivity contribution in [2.75, 3.05) is 0 Å². The van der Waals surface area contributed by atoms with E-state index in [1.54, 1.807) is 0 Å². The van der Waals surface area contributed by atoms with Gasteiger partial charge in [0.1, 0.15) is 0 Å². The van der Waals surface area contributed by atoms with Crippen LogP contribution in [0.15, 0.2) is 0 Å². The summed E-state index contributed by atoms with van der Waals surface area (Å²) in [6.45, 7) is 0. The zero-order valence-corrected chi connectivity index (χ0v) is 5.01. The minimum atomic E-state index is 0.0625. The lowest BCUT2D eigenvalue weighted by molar-refractivity contribution is 0.178. The Labute approximate surface area is 49.7 Å². The lowest BCUT2D eigenvalue weighted by Crippen LogP contribution is -2.18. The van der Waals surface area contributed by atoms with E-state index in [1.807, 2.05) is 0 Å². The Kier molecular flexibility index (Phi) is 0.884. The van der Waals surface area contributed by atoms with Crippen LogP contribution in [0.4, 0.5) is 0 Å². The maximum absolute atomic E-state index is 9.11. The van der Waals surface area contributed by atoms with E-state index in [0.717, 1.165) is 24.7 Å². The van der Waals surface area contributed by atoms with E-state index in [2.05, 4.69) is 0 Å². The molecule has 0 aromatic heterocycles. The van der Waals surface area contributed by atoms with E-state index < -0.39 is 0 Å². The maximum Gasteiger partial charge on any atom is 0.0545 e. The first-order chi connectivity index (χ1) is 3.86. The highest BCUT2D eigenvalue weighted by atomic mass is 16.3. The Hall–Kier alpha value is -0.0400. The fourth-order valence-electron chi connectivity index (χ4n) is 2.05. The predicted molar refractivity (Wildman–Crippen MR) is 31.5 cm³/mol. The quantitative estimate of drug-likeness (QED) is 0.498. The molecule has 3 atom stereocenters. The Morgan fingerprint density at radius 3 is 1.75 bits per heavy atom. The molecule has 46 valence electrons. The third-order valence-corrected chi connectivity index (χ3v) is 2.72. The van der Waals surface area contributed by atoms with Crippen LogP contribution in [0.1, 0.15) is 25.7 Å². The number of aliphatic hydroxyl groups excluding tert-OH is 1. The summed E-state index contributed by atoms with van der Waals surface area (Å²) < 4.78 is 0. The number of hydrogen-bond donors (Lipinski definition) is 1. The lowest BCUT2D eigenvalue weighted by atomic mass is 9.77. The lowest BCUT2D eigenvalue weighted by Gasteiger charge is -2.29. The summed E-state index contributed by atoms with van der Waals surface area (Å²) in [7, 11) is 0. The minimum Gasteiger partial charge on any atom is -0.393 e. The van der Waals surface area contributed by atoms with Gasteiger partial charge < -0.3 is 5.11 Å². The van der Waals surface area contributed by atoms with Crippen molar-refractivity contribution in [1.29, 1.82) is 0 Å². The van der Waals surface area contributed by atoms with Crippen LogP contribution in [0.2, 0.25) is 0 Å². The van der Waals surface area contributed by atoms with E-state index in [-0.39, 0.29) is 6.10 Å². The molecule has 0 heterocycles. The monoisotopic (exact) mass is 112 g/mol. The Morgan fingerprint density at radius 2 is 1.50 bits per heavy atom. The Balaban J connectivity index is 2.00. The Morgan fingerprint density at radius 1 is 1.00 bits per heavy atom. The molecule has 0 radical (unpaired) electrons. The number of hydrogen-bond acceptors (Lipinski definition) is 1. The maximum atomic E-state index is 9.11. The molecule has 2 aliphatic rings. The third-order valence-electron chi connectivity index (χ3n) is 2.72. The molecular formula is C7H12O.